The lowest BCUT2D eigenvalue weighted by atomic mass is 10.1. The number of guanidine groups is 1. The molecule has 0 spiro atoms. The summed E-state index contributed by atoms with van der Waals surface area (Å²) in [5.41, 5.74) is 45.8. The van der Waals surface area contributed by atoms with Crippen molar-refractivity contribution in [2.24, 2.45) is 56.6 Å². The summed E-state index contributed by atoms with van der Waals surface area (Å²) in [6.07, 6.45) is 1.59. The standard InChI is InChI=1S/C9H11NO2.C6H14N4O2.2C5H10N2O3.C2H5NO2/c10-8(9(11)12)6-7-4-2-1-3-5-7;7-4(5(11)12)2-1-3-10-6(8)9;2*6-3(5(9)10)1-2-4(7)8;3-1-2(4)5/h1-5,8H,6,10H2,(H,11,12);4H,1-3,7H2,(H,11,12)(H4,8,9,10);2*3H,1-2,6H2,(H2,7,8)(H,9,10);1,3H2,(H,4,5). The first-order chi connectivity index (χ1) is 22.6. The molecule has 0 saturated heterocycles. The van der Waals surface area contributed by atoms with E-state index in [-0.39, 0.29) is 38.2 Å². The molecule has 4 atom stereocenters. The van der Waals surface area contributed by atoms with Gasteiger partial charge in [0.1, 0.15) is 24.2 Å². The van der Waals surface area contributed by atoms with Gasteiger partial charge in [0.05, 0.1) is 6.54 Å². The predicted octanol–water partition coefficient (Wildman–Crippen LogP) is -4.55. The number of nitrogens with zero attached hydrogens (tertiary/aromatic N) is 1. The van der Waals surface area contributed by atoms with Crippen molar-refractivity contribution in [1.29, 1.82) is 0 Å². The second-order valence-corrected chi connectivity index (χ2v) is 9.53. The lowest BCUT2D eigenvalue weighted by Crippen LogP contribution is -2.32. The van der Waals surface area contributed by atoms with Crippen LogP contribution in [0.15, 0.2) is 35.3 Å². The Bertz CT molecular complexity index is 1130. The van der Waals surface area contributed by atoms with Crippen LogP contribution in [0.3, 0.4) is 0 Å². The molecule has 0 aliphatic rings. The number of hydrogen-bond acceptors (Lipinski definition) is 13. The molecule has 1 aromatic carbocycles. The molecule has 0 bridgehead atoms. The number of nitrogens with two attached hydrogens (primary N) is 9. The van der Waals surface area contributed by atoms with Gasteiger partial charge < -0.3 is 77.1 Å². The van der Waals surface area contributed by atoms with Crippen molar-refractivity contribution >= 4 is 47.6 Å². The Labute approximate surface area is 281 Å². The fourth-order valence-electron chi connectivity index (χ4n) is 2.44. The summed E-state index contributed by atoms with van der Waals surface area (Å²) < 4.78 is 0. The molecule has 22 heteroatoms. The molecule has 23 N–H and O–H groups in total. The third-order valence-electron chi connectivity index (χ3n) is 5.11. The van der Waals surface area contributed by atoms with Crippen molar-refractivity contribution in [1.82, 2.24) is 0 Å². The Balaban J connectivity index is -0.000000264. The van der Waals surface area contributed by atoms with Gasteiger partial charge in [-0.05, 0) is 37.7 Å². The number of benzene rings is 1. The number of aliphatic imine (C=N–C) groups is 1. The fourth-order valence-corrected chi connectivity index (χ4v) is 2.44. The van der Waals surface area contributed by atoms with Crippen molar-refractivity contribution < 1.29 is 59.1 Å². The van der Waals surface area contributed by atoms with Crippen LogP contribution in [0, 0.1) is 0 Å². The van der Waals surface area contributed by atoms with Gasteiger partial charge >= 0.3 is 29.8 Å². The Morgan fingerprint density at radius 1 is 0.592 bits per heavy atom. The second-order valence-electron chi connectivity index (χ2n) is 9.53. The number of amides is 2. The quantitative estimate of drug-likeness (QED) is 0.0412. The molecule has 0 aromatic heterocycles. The van der Waals surface area contributed by atoms with Crippen LogP contribution in [-0.2, 0) is 40.0 Å². The van der Waals surface area contributed by atoms with E-state index in [1.165, 1.54) is 0 Å². The smallest absolute Gasteiger partial charge is 0.320 e. The van der Waals surface area contributed by atoms with Crippen LogP contribution in [0.2, 0.25) is 0 Å². The lowest BCUT2D eigenvalue weighted by Gasteiger charge is -2.04. The topological polar surface area (TPSA) is 467 Å². The summed E-state index contributed by atoms with van der Waals surface area (Å²) in [5, 5.41) is 40.9. The number of hydrogen-bond donors (Lipinski definition) is 14. The van der Waals surface area contributed by atoms with Gasteiger partial charge in [-0.25, -0.2) is 0 Å². The average Bonchev–Trinajstić information content (AvgIpc) is 3.01. The Morgan fingerprint density at radius 2 is 0.939 bits per heavy atom. The largest absolute Gasteiger partial charge is 0.480 e. The van der Waals surface area contributed by atoms with Crippen LogP contribution in [0.1, 0.15) is 44.1 Å². The Hall–Kier alpha value is -5.42. The molecule has 4 unspecified atom stereocenters. The molecule has 0 saturated carbocycles. The fraction of sp³-hybridized carbons (Fsp3) is 0.481. The number of carbonyl (C=O) groups is 7. The predicted molar refractivity (Wildman–Crippen MR) is 176 cm³/mol. The maximum atomic E-state index is 10.4. The van der Waals surface area contributed by atoms with Gasteiger partial charge in [-0.1, -0.05) is 30.3 Å². The van der Waals surface area contributed by atoms with Gasteiger partial charge in [-0.3, -0.25) is 38.6 Å². The number of aliphatic carboxylic acids is 5. The molecule has 2 amide bonds. The monoisotopic (exact) mass is 706 g/mol. The van der Waals surface area contributed by atoms with E-state index in [1.54, 1.807) is 0 Å². The minimum Gasteiger partial charge on any atom is -0.480 e. The molecule has 0 heterocycles. The molecule has 22 nitrogen and oxygen atoms in total. The van der Waals surface area contributed by atoms with E-state index in [2.05, 4.69) is 10.7 Å². The average molecular weight is 707 g/mol. The first-order valence-corrected chi connectivity index (χ1v) is 14.1. The van der Waals surface area contributed by atoms with E-state index in [9.17, 15) is 33.6 Å². The minimum absolute atomic E-state index is 0.0129. The Morgan fingerprint density at radius 3 is 1.22 bits per heavy atom. The Kier molecular flexibility index (Phi) is 32.1. The van der Waals surface area contributed by atoms with E-state index < -0.39 is 65.8 Å². The highest BCUT2D eigenvalue weighted by Gasteiger charge is 2.13. The van der Waals surface area contributed by atoms with Crippen LogP contribution in [0.25, 0.3) is 0 Å². The second kappa shape index (κ2) is 31.2. The van der Waals surface area contributed by atoms with Crippen LogP contribution < -0.4 is 51.6 Å². The summed E-state index contributed by atoms with van der Waals surface area (Å²) in [6, 6.07) is 5.77. The van der Waals surface area contributed by atoms with E-state index in [0.717, 1.165) is 5.56 Å². The number of carbonyl (C=O) groups excluding carboxylic acids is 2. The number of rotatable bonds is 17. The zero-order chi connectivity index (χ0) is 39.1. The van der Waals surface area contributed by atoms with E-state index in [0.29, 0.717) is 25.8 Å². The van der Waals surface area contributed by atoms with Crippen LogP contribution in [0.5, 0.6) is 0 Å². The molecule has 1 rings (SSSR count). The van der Waals surface area contributed by atoms with Crippen molar-refractivity contribution in [2.75, 3.05) is 13.1 Å². The lowest BCUT2D eigenvalue weighted by molar-refractivity contribution is -0.139. The molecule has 49 heavy (non-hydrogen) atoms. The van der Waals surface area contributed by atoms with Crippen molar-refractivity contribution in [3.63, 3.8) is 0 Å². The van der Waals surface area contributed by atoms with Crippen molar-refractivity contribution in [3.8, 4) is 0 Å². The summed E-state index contributed by atoms with van der Waals surface area (Å²) in [4.78, 5) is 73.8. The van der Waals surface area contributed by atoms with Gasteiger partial charge in [-0.15, -0.1) is 0 Å². The molecule has 0 aliphatic carbocycles. The maximum Gasteiger partial charge on any atom is 0.320 e. The summed E-state index contributed by atoms with van der Waals surface area (Å²) in [6.45, 7) is 0.142. The minimum atomic E-state index is -1.11. The highest BCUT2D eigenvalue weighted by molar-refractivity contribution is 5.78. The van der Waals surface area contributed by atoms with E-state index in [1.807, 2.05) is 30.3 Å². The molecule has 1 aromatic rings. The van der Waals surface area contributed by atoms with E-state index >= 15 is 0 Å². The van der Waals surface area contributed by atoms with Gasteiger partial charge in [0.25, 0.3) is 0 Å². The third kappa shape index (κ3) is 40.6. The number of primary amides is 2. The highest BCUT2D eigenvalue weighted by atomic mass is 16.4. The molecule has 0 aliphatic heterocycles. The van der Waals surface area contributed by atoms with Gasteiger partial charge in [0.2, 0.25) is 11.8 Å². The third-order valence-corrected chi connectivity index (χ3v) is 5.11. The molecular formula is C27H50N10O12. The molecule has 280 valence electrons. The molecular weight excluding hydrogens is 656 g/mol. The van der Waals surface area contributed by atoms with Gasteiger partial charge in [0.15, 0.2) is 5.96 Å². The normalized spacial score (nSPS) is 11.9. The van der Waals surface area contributed by atoms with Crippen LogP contribution in [-0.4, -0.2) is 110 Å². The van der Waals surface area contributed by atoms with Gasteiger partial charge in [0, 0.05) is 19.4 Å². The molecule has 0 radical (unpaired) electrons. The van der Waals surface area contributed by atoms with Crippen molar-refractivity contribution in [2.45, 2.75) is 69.1 Å². The first kappa shape index (κ1) is 50.4. The number of carboxylic acids is 5. The number of carboxylic acid groups (broad SMARTS) is 5. The zero-order valence-electron chi connectivity index (χ0n) is 26.8. The highest BCUT2D eigenvalue weighted by Crippen LogP contribution is 2.01. The SMILES string of the molecule is NC(=O)CCC(N)C(=O)O.NC(=O)CCC(N)C(=O)O.NC(Cc1ccccc1)C(=O)O.NC(N)=NCCCC(N)C(=O)O.NCC(=O)O. The van der Waals surface area contributed by atoms with Crippen LogP contribution >= 0.6 is 0 Å². The summed E-state index contributed by atoms with van der Waals surface area (Å²) >= 11 is 0. The summed E-state index contributed by atoms with van der Waals surface area (Å²) in [7, 11) is 0. The van der Waals surface area contributed by atoms with E-state index in [4.69, 9.17) is 71.4 Å². The first-order valence-electron chi connectivity index (χ1n) is 14.1. The van der Waals surface area contributed by atoms with Gasteiger partial charge in [-0.2, -0.15) is 0 Å². The van der Waals surface area contributed by atoms with Crippen LogP contribution in [0.4, 0.5) is 0 Å². The zero-order valence-corrected chi connectivity index (χ0v) is 26.8. The van der Waals surface area contributed by atoms with Crippen molar-refractivity contribution in [3.05, 3.63) is 35.9 Å². The molecule has 0 fully saturated rings. The summed E-state index contributed by atoms with van der Waals surface area (Å²) in [5.74, 6) is -6.20. The maximum absolute atomic E-state index is 10.4.